The van der Waals surface area contributed by atoms with E-state index in [1.165, 1.54) is 0 Å². The van der Waals surface area contributed by atoms with Gasteiger partial charge in [-0.1, -0.05) is 6.07 Å². The second-order valence-electron chi connectivity index (χ2n) is 3.25. The summed E-state index contributed by atoms with van der Waals surface area (Å²) in [6.07, 6.45) is 1.86. The highest BCUT2D eigenvalue weighted by atomic mass is 16.7. The fourth-order valence-electron chi connectivity index (χ4n) is 1.50. The topological polar surface area (TPSA) is 49.4 Å². The summed E-state index contributed by atoms with van der Waals surface area (Å²) in [6.45, 7) is 1.09. The summed E-state index contributed by atoms with van der Waals surface area (Å²) in [5.41, 5.74) is 7.57. The molecule has 80 valence electrons. The monoisotopic (exact) mass is 206 g/mol. The first kappa shape index (κ1) is 9.86. The molecule has 1 aromatic heterocycles. The van der Waals surface area contributed by atoms with Crippen LogP contribution in [0.3, 0.4) is 0 Å². The third kappa shape index (κ3) is 1.89. The van der Waals surface area contributed by atoms with Gasteiger partial charge in [0.2, 0.25) is 0 Å². The summed E-state index contributed by atoms with van der Waals surface area (Å²) >= 11 is 0. The predicted molar refractivity (Wildman–Crippen MR) is 59.7 cm³/mol. The van der Waals surface area contributed by atoms with E-state index in [4.69, 9.17) is 15.3 Å². The van der Waals surface area contributed by atoms with Crippen LogP contribution in [0.1, 0.15) is 0 Å². The summed E-state index contributed by atoms with van der Waals surface area (Å²) in [7, 11) is 1.65. The number of fused-ring (bicyclic) bond motifs is 1. The number of hydrogen-bond acceptors (Lipinski definition) is 3. The van der Waals surface area contributed by atoms with Gasteiger partial charge in [-0.05, 0) is 18.2 Å². The molecule has 1 heterocycles. The number of hydrogen-bond donors (Lipinski definition) is 1. The van der Waals surface area contributed by atoms with E-state index in [9.17, 15) is 0 Å². The first-order valence-electron chi connectivity index (χ1n) is 4.80. The Balaban J connectivity index is 2.25. The molecule has 1 aromatic carbocycles. The average Bonchev–Trinajstić information content (AvgIpc) is 2.64. The van der Waals surface area contributed by atoms with Crippen molar-refractivity contribution in [1.29, 1.82) is 0 Å². The summed E-state index contributed by atoms with van der Waals surface area (Å²) in [5.74, 6) is 0. The maximum absolute atomic E-state index is 5.83. The first-order chi connectivity index (χ1) is 7.33. The summed E-state index contributed by atoms with van der Waals surface area (Å²) in [4.78, 5) is 5.49. The minimum Gasteiger partial charge on any atom is -0.411 e. The van der Waals surface area contributed by atoms with Gasteiger partial charge >= 0.3 is 0 Å². The average molecular weight is 206 g/mol. The quantitative estimate of drug-likeness (QED) is 0.606. The van der Waals surface area contributed by atoms with Crippen LogP contribution >= 0.6 is 0 Å². The lowest BCUT2D eigenvalue weighted by Gasteiger charge is -2.07. The zero-order valence-electron chi connectivity index (χ0n) is 8.64. The highest BCUT2D eigenvalue weighted by Gasteiger charge is 2.03. The summed E-state index contributed by atoms with van der Waals surface area (Å²) in [6, 6.07) is 7.70. The number of nitrogen functional groups attached to an aromatic ring is 1. The maximum Gasteiger partial charge on any atom is 0.138 e. The molecule has 4 nitrogen and oxygen atoms in total. The highest BCUT2D eigenvalue weighted by molar-refractivity contribution is 5.90. The second-order valence-corrected chi connectivity index (χ2v) is 3.25. The SMILES string of the molecule is COCCOn1ccc2c(N)cccc21. The highest BCUT2D eigenvalue weighted by Crippen LogP contribution is 2.20. The first-order valence-corrected chi connectivity index (χ1v) is 4.80. The van der Waals surface area contributed by atoms with Crippen LogP contribution in [-0.2, 0) is 4.74 Å². The van der Waals surface area contributed by atoms with Crippen LogP contribution in [0.15, 0.2) is 30.5 Å². The molecule has 0 aliphatic heterocycles. The van der Waals surface area contributed by atoms with Gasteiger partial charge in [0.15, 0.2) is 0 Å². The van der Waals surface area contributed by atoms with Crippen molar-refractivity contribution < 1.29 is 9.57 Å². The fourth-order valence-corrected chi connectivity index (χ4v) is 1.50. The van der Waals surface area contributed by atoms with E-state index < -0.39 is 0 Å². The molecule has 2 aromatic rings. The molecule has 0 aliphatic rings. The number of anilines is 1. The minimum atomic E-state index is 0.523. The molecule has 0 saturated carbocycles. The second kappa shape index (κ2) is 4.23. The van der Waals surface area contributed by atoms with Crippen LogP contribution in [0, 0.1) is 0 Å². The third-order valence-electron chi connectivity index (χ3n) is 2.25. The van der Waals surface area contributed by atoms with Gasteiger partial charge in [-0.3, -0.25) is 0 Å². The molecule has 0 bridgehead atoms. The molecule has 2 N–H and O–H groups in total. The van der Waals surface area contributed by atoms with Crippen molar-refractivity contribution in [2.24, 2.45) is 0 Å². The Labute approximate surface area is 88.1 Å². The standard InChI is InChI=1S/C11H14N2O2/c1-14-7-8-15-13-6-5-9-10(12)3-2-4-11(9)13/h2-6H,7-8,12H2,1H3. The molecule has 0 saturated heterocycles. The van der Waals surface area contributed by atoms with Crippen molar-refractivity contribution >= 4 is 16.6 Å². The van der Waals surface area contributed by atoms with E-state index in [1.807, 2.05) is 30.5 Å². The van der Waals surface area contributed by atoms with Crippen LogP contribution < -0.4 is 10.6 Å². The zero-order valence-corrected chi connectivity index (χ0v) is 8.64. The van der Waals surface area contributed by atoms with Crippen LogP contribution in [0.25, 0.3) is 10.9 Å². The number of aromatic nitrogens is 1. The molecule has 15 heavy (non-hydrogen) atoms. The lowest BCUT2D eigenvalue weighted by atomic mass is 10.2. The zero-order chi connectivity index (χ0) is 10.7. The molecule has 2 rings (SSSR count). The summed E-state index contributed by atoms with van der Waals surface area (Å²) < 4.78 is 6.63. The lowest BCUT2D eigenvalue weighted by Crippen LogP contribution is -2.15. The van der Waals surface area contributed by atoms with Gasteiger partial charge in [-0.25, -0.2) is 0 Å². The van der Waals surface area contributed by atoms with Crippen molar-refractivity contribution in [3.05, 3.63) is 30.5 Å². The molecular formula is C11H14N2O2. The molecule has 0 unspecified atom stereocenters. The normalized spacial score (nSPS) is 10.7. The Kier molecular flexibility index (Phi) is 2.78. The molecule has 0 amide bonds. The minimum absolute atomic E-state index is 0.523. The van der Waals surface area contributed by atoms with Crippen molar-refractivity contribution in [1.82, 2.24) is 4.73 Å². The van der Waals surface area contributed by atoms with E-state index in [1.54, 1.807) is 11.8 Å². The van der Waals surface area contributed by atoms with Crippen molar-refractivity contribution in [2.75, 3.05) is 26.1 Å². The molecule has 0 radical (unpaired) electrons. The van der Waals surface area contributed by atoms with Gasteiger partial charge in [-0.2, -0.15) is 4.73 Å². The Morgan fingerprint density at radius 3 is 2.93 bits per heavy atom. The lowest BCUT2D eigenvalue weighted by molar-refractivity contribution is 0.0639. The number of benzene rings is 1. The van der Waals surface area contributed by atoms with Crippen LogP contribution in [0.4, 0.5) is 5.69 Å². The third-order valence-corrected chi connectivity index (χ3v) is 2.25. The smallest absolute Gasteiger partial charge is 0.138 e. The molecule has 4 heteroatoms. The van der Waals surface area contributed by atoms with Crippen molar-refractivity contribution in [3.63, 3.8) is 0 Å². The van der Waals surface area contributed by atoms with Gasteiger partial charge in [0, 0.05) is 24.4 Å². The fraction of sp³-hybridized carbons (Fsp3) is 0.273. The van der Waals surface area contributed by atoms with Crippen LogP contribution in [0.5, 0.6) is 0 Å². The number of methoxy groups -OCH3 is 1. The molecular weight excluding hydrogens is 192 g/mol. The number of nitrogens with two attached hydrogens (primary N) is 1. The Hall–Kier alpha value is -1.68. The van der Waals surface area contributed by atoms with Gasteiger partial charge < -0.3 is 15.3 Å². The summed E-state index contributed by atoms with van der Waals surface area (Å²) in [5, 5.41) is 1.01. The molecule has 0 fully saturated rings. The predicted octanol–water partition coefficient (Wildman–Crippen LogP) is 1.30. The van der Waals surface area contributed by atoms with Gasteiger partial charge in [0.25, 0.3) is 0 Å². The number of nitrogens with zero attached hydrogens (tertiary/aromatic N) is 1. The van der Waals surface area contributed by atoms with E-state index in [0.29, 0.717) is 13.2 Å². The maximum atomic E-state index is 5.83. The van der Waals surface area contributed by atoms with Crippen molar-refractivity contribution in [3.8, 4) is 0 Å². The number of ether oxygens (including phenoxy) is 1. The number of rotatable bonds is 4. The Morgan fingerprint density at radius 1 is 1.27 bits per heavy atom. The molecule has 0 atom stereocenters. The van der Waals surface area contributed by atoms with Gasteiger partial charge in [0.05, 0.1) is 12.1 Å². The van der Waals surface area contributed by atoms with Crippen LogP contribution in [-0.4, -0.2) is 25.1 Å². The van der Waals surface area contributed by atoms with E-state index in [2.05, 4.69) is 0 Å². The van der Waals surface area contributed by atoms with E-state index in [0.717, 1.165) is 16.6 Å². The van der Waals surface area contributed by atoms with Gasteiger partial charge in [-0.15, -0.1) is 0 Å². The van der Waals surface area contributed by atoms with E-state index in [-0.39, 0.29) is 0 Å². The van der Waals surface area contributed by atoms with E-state index >= 15 is 0 Å². The Morgan fingerprint density at radius 2 is 2.13 bits per heavy atom. The Bertz CT molecular complexity index is 451. The largest absolute Gasteiger partial charge is 0.411 e. The van der Waals surface area contributed by atoms with Crippen LogP contribution in [0.2, 0.25) is 0 Å². The molecule has 0 aliphatic carbocycles. The molecule has 0 spiro atoms. The van der Waals surface area contributed by atoms with Crippen molar-refractivity contribution in [2.45, 2.75) is 0 Å². The van der Waals surface area contributed by atoms with Gasteiger partial charge in [0.1, 0.15) is 6.61 Å².